The minimum atomic E-state index is -4.73. The molecule has 11 heteroatoms. The van der Waals surface area contributed by atoms with Crippen molar-refractivity contribution >= 4 is 40.2 Å². The molecule has 4 aromatic carbocycles. The molecule has 0 aliphatic rings. The molecule has 0 aliphatic heterocycles. The second-order valence-corrected chi connectivity index (χ2v) is 8.90. The Bertz CT molecular complexity index is 1480. The topological polar surface area (TPSA) is 83.2 Å². The first-order valence-electron chi connectivity index (χ1n) is 10.9. The minimum absolute atomic E-state index is 0.121. The maximum atomic E-state index is 13.0. The van der Waals surface area contributed by atoms with Gasteiger partial charge in [-0.25, -0.2) is 0 Å². The van der Waals surface area contributed by atoms with Crippen LogP contribution in [0.5, 0.6) is 28.7 Å². The number of nitrogens with zero attached hydrogens (tertiary/aromatic N) is 2. The van der Waals surface area contributed by atoms with Crippen LogP contribution in [-0.4, -0.2) is 18.2 Å². The van der Waals surface area contributed by atoms with Crippen molar-refractivity contribution in [2.24, 2.45) is 4.99 Å². The predicted molar refractivity (Wildman–Crippen MR) is 144 cm³/mol. The van der Waals surface area contributed by atoms with E-state index in [9.17, 15) is 23.3 Å². The maximum Gasteiger partial charge on any atom is 0.416 e. The molecule has 0 fully saturated rings. The number of ether oxygens (including phenoxy) is 3. The molecule has 0 N–H and O–H groups in total. The Morgan fingerprint density at radius 2 is 1.58 bits per heavy atom. The summed E-state index contributed by atoms with van der Waals surface area (Å²) in [6.45, 7) is 0. The van der Waals surface area contributed by atoms with E-state index in [1.807, 2.05) is 52.9 Å². The largest absolute Gasteiger partial charge is 0.493 e. The van der Waals surface area contributed by atoms with Crippen molar-refractivity contribution in [3.05, 3.63) is 110 Å². The van der Waals surface area contributed by atoms with Gasteiger partial charge in [-0.1, -0.05) is 18.2 Å². The number of nitro groups is 1. The van der Waals surface area contributed by atoms with Crippen LogP contribution < -0.4 is 14.2 Å². The average molecular weight is 634 g/mol. The highest BCUT2D eigenvalue weighted by molar-refractivity contribution is 14.1. The quantitative estimate of drug-likeness (QED) is 0.0840. The molecule has 0 saturated carbocycles. The molecule has 0 amide bonds. The van der Waals surface area contributed by atoms with Crippen molar-refractivity contribution in [1.29, 1.82) is 0 Å². The third kappa shape index (κ3) is 6.59. The Labute approximate surface area is 228 Å². The molecule has 38 heavy (non-hydrogen) atoms. The zero-order chi connectivity index (χ0) is 27.3. The van der Waals surface area contributed by atoms with Crippen LogP contribution in [0.4, 0.5) is 24.5 Å². The normalized spacial score (nSPS) is 11.4. The molecule has 0 bridgehead atoms. The Balaban J connectivity index is 1.55. The highest BCUT2D eigenvalue weighted by Crippen LogP contribution is 2.42. The summed E-state index contributed by atoms with van der Waals surface area (Å²) in [7, 11) is 1.38. The highest BCUT2D eigenvalue weighted by atomic mass is 127. The fraction of sp³-hybridized carbons (Fsp3) is 0.0741. The summed E-state index contributed by atoms with van der Waals surface area (Å²) in [5.41, 5.74) is -0.655. The van der Waals surface area contributed by atoms with Gasteiger partial charge in [0.05, 0.1) is 26.9 Å². The fourth-order valence-electron chi connectivity index (χ4n) is 3.32. The van der Waals surface area contributed by atoms with Gasteiger partial charge in [-0.05, 0) is 88.8 Å². The molecule has 4 aromatic rings. The van der Waals surface area contributed by atoms with E-state index in [0.29, 0.717) is 32.4 Å². The van der Waals surface area contributed by atoms with Crippen LogP contribution in [0.25, 0.3) is 0 Å². The van der Waals surface area contributed by atoms with E-state index < -0.39 is 22.4 Å². The summed E-state index contributed by atoms with van der Waals surface area (Å²) in [4.78, 5) is 14.9. The number of rotatable bonds is 8. The number of halogens is 4. The van der Waals surface area contributed by atoms with Gasteiger partial charge < -0.3 is 14.2 Å². The smallest absolute Gasteiger partial charge is 0.416 e. The van der Waals surface area contributed by atoms with Crippen molar-refractivity contribution in [1.82, 2.24) is 0 Å². The van der Waals surface area contributed by atoms with Crippen LogP contribution in [0.3, 0.4) is 0 Å². The van der Waals surface area contributed by atoms with Crippen LogP contribution in [0, 0.1) is 13.7 Å². The number of aliphatic imine (C=N–C) groups is 1. The monoisotopic (exact) mass is 634 g/mol. The Kier molecular flexibility index (Phi) is 8.15. The first kappa shape index (κ1) is 26.9. The van der Waals surface area contributed by atoms with Gasteiger partial charge in [-0.2, -0.15) is 13.2 Å². The van der Waals surface area contributed by atoms with Crippen LogP contribution in [0.1, 0.15) is 11.1 Å². The standard InChI is InChI=1S/C27H18F3IN2O5/c1-36-25-14-17(16-32-19-8-10-21(11-9-19)37-20-5-3-2-4-6-20)13-22(31)26(25)38-24-12-7-18(27(28,29)30)15-23(24)33(34)35/h2-16H,1H3. The van der Waals surface area contributed by atoms with E-state index in [1.54, 1.807) is 42.6 Å². The molecule has 0 atom stereocenters. The lowest BCUT2D eigenvalue weighted by Crippen LogP contribution is -2.06. The summed E-state index contributed by atoms with van der Waals surface area (Å²) in [5, 5.41) is 11.4. The molecule has 0 unspecified atom stereocenters. The molecular formula is C27H18F3IN2O5. The predicted octanol–water partition coefficient (Wildman–Crippen LogP) is 8.56. The van der Waals surface area contributed by atoms with E-state index in [4.69, 9.17) is 14.2 Å². The van der Waals surface area contributed by atoms with Gasteiger partial charge in [-0.15, -0.1) is 0 Å². The minimum Gasteiger partial charge on any atom is -0.493 e. The molecule has 0 spiro atoms. The fourth-order valence-corrected chi connectivity index (χ4v) is 4.06. The first-order valence-corrected chi connectivity index (χ1v) is 12.0. The molecule has 0 radical (unpaired) electrons. The highest BCUT2D eigenvalue weighted by Gasteiger charge is 2.33. The van der Waals surface area contributed by atoms with E-state index in [2.05, 4.69) is 4.99 Å². The van der Waals surface area contributed by atoms with Crippen LogP contribution in [-0.2, 0) is 6.18 Å². The molecule has 194 valence electrons. The third-order valence-corrected chi connectivity index (χ3v) is 5.93. The molecule has 0 heterocycles. The molecule has 0 aliphatic carbocycles. The number of para-hydroxylation sites is 1. The molecular weight excluding hydrogens is 616 g/mol. The van der Waals surface area contributed by atoms with E-state index in [1.165, 1.54) is 7.11 Å². The van der Waals surface area contributed by atoms with Crippen LogP contribution in [0.2, 0.25) is 0 Å². The number of nitro benzene ring substituents is 1. The lowest BCUT2D eigenvalue weighted by molar-refractivity contribution is -0.385. The number of alkyl halides is 3. The van der Waals surface area contributed by atoms with Crippen LogP contribution >= 0.6 is 22.6 Å². The SMILES string of the molecule is COc1cc(C=Nc2ccc(Oc3ccccc3)cc2)cc(I)c1Oc1ccc(C(F)(F)F)cc1[N+](=O)[O-]. The van der Waals surface area contributed by atoms with Crippen molar-refractivity contribution in [2.45, 2.75) is 6.18 Å². The van der Waals surface area contributed by atoms with Gasteiger partial charge in [0.2, 0.25) is 5.75 Å². The van der Waals surface area contributed by atoms with E-state index in [0.717, 1.165) is 12.1 Å². The number of methoxy groups -OCH3 is 1. The lowest BCUT2D eigenvalue weighted by Gasteiger charge is -2.14. The Morgan fingerprint density at radius 1 is 0.895 bits per heavy atom. The van der Waals surface area contributed by atoms with Gasteiger partial charge in [0, 0.05) is 12.3 Å². The molecule has 0 saturated heterocycles. The zero-order valence-corrected chi connectivity index (χ0v) is 21.8. The molecule has 0 aromatic heterocycles. The van der Waals surface area contributed by atoms with Crippen molar-refractivity contribution in [2.75, 3.05) is 7.11 Å². The second-order valence-electron chi connectivity index (χ2n) is 7.74. The van der Waals surface area contributed by atoms with Crippen molar-refractivity contribution in [3.63, 3.8) is 0 Å². The average Bonchev–Trinajstić information content (AvgIpc) is 2.89. The summed E-state index contributed by atoms with van der Waals surface area (Å²) >= 11 is 1.95. The van der Waals surface area contributed by atoms with Crippen molar-refractivity contribution < 1.29 is 32.3 Å². The van der Waals surface area contributed by atoms with Crippen LogP contribution in [0.15, 0.2) is 89.9 Å². The third-order valence-electron chi connectivity index (χ3n) is 5.13. The van der Waals surface area contributed by atoms with Gasteiger partial charge in [0.1, 0.15) is 11.5 Å². The summed E-state index contributed by atoms with van der Waals surface area (Å²) in [6.07, 6.45) is -3.13. The summed E-state index contributed by atoms with van der Waals surface area (Å²) < 4.78 is 56.4. The van der Waals surface area contributed by atoms with Gasteiger partial charge in [0.25, 0.3) is 0 Å². The number of hydrogen-bond donors (Lipinski definition) is 0. The maximum absolute atomic E-state index is 13.0. The molecule has 4 rings (SSSR count). The van der Waals surface area contributed by atoms with E-state index >= 15 is 0 Å². The number of benzene rings is 4. The van der Waals surface area contributed by atoms with Gasteiger partial charge >= 0.3 is 11.9 Å². The molecule has 7 nitrogen and oxygen atoms in total. The summed E-state index contributed by atoms with van der Waals surface area (Å²) in [6, 6.07) is 21.9. The van der Waals surface area contributed by atoms with Gasteiger partial charge in [0.15, 0.2) is 11.5 Å². The van der Waals surface area contributed by atoms with Crippen molar-refractivity contribution in [3.8, 4) is 28.7 Å². The zero-order valence-electron chi connectivity index (χ0n) is 19.6. The lowest BCUT2D eigenvalue weighted by atomic mass is 10.1. The Hall–Kier alpha value is -4.13. The first-order chi connectivity index (χ1) is 18.1. The van der Waals surface area contributed by atoms with Gasteiger partial charge in [-0.3, -0.25) is 15.1 Å². The summed E-state index contributed by atoms with van der Waals surface area (Å²) in [5.74, 6) is 1.37. The Morgan fingerprint density at radius 3 is 2.21 bits per heavy atom. The second kappa shape index (κ2) is 11.5. The van der Waals surface area contributed by atoms with E-state index in [-0.39, 0.29) is 17.2 Å². The number of hydrogen-bond acceptors (Lipinski definition) is 6.